The Kier molecular flexibility index (Phi) is 6.08. The maximum atomic E-state index is 11.8. The molecule has 7 nitrogen and oxygen atoms in total. The van der Waals surface area contributed by atoms with Gasteiger partial charge in [-0.1, -0.05) is 0 Å². The first-order valence-corrected chi connectivity index (χ1v) is 8.15. The third kappa shape index (κ3) is 5.02. The summed E-state index contributed by atoms with van der Waals surface area (Å²) >= 11 is 2.15. The highest BCUT2D eigenvalue weighted by molar-refractivity contribution is 14.1. The van der Waals surface area contributed by atoms with E-state index in [0.29, 0.717) is 23.6 Å². The third-order valence-electron chi connectivity index (χ3n) is 3.15. The van der Waals surface area contributed by atoms with Crippen molar-refractivity contribution in [3.63, 3.8) is 0 Å². The van der Waals surface area contributed by atoms with Crippen LogP contribution in [-0.4, -0.2) is 35.3 Å². The number of nitrogens with zero attached hydrogens (tertiary/aromatic N) is 1. The number of rotatable bonds is 6. The summed E-state index contributed by atoms with van der Waals surface area (Å²) in [6, 6.07) is 7.10. The molecule has 0 atom stereocenters. The van der Waals surface area contributed by atoms with Crippen LogP contribution < -0.4 is 5.32 Å². The van der Waals surface area contributed by atoms with Crippen molar-refractivity contribution >= 4 is 46.3 Å². The Balaban J connectivity index is 1.67. The van der Waals surface area contributed by atoms with Gasteiger partial charge in [0.15, 0.2) is 0 Å². The molecule has 1 aromatic rings. The van der Waals surface area contributed by atoms with Gasteiger partial charge in [0, 0.05) is 34.9 Å². The van der Waals surface area contributed by atoms with E-state index < -0.39 is 17.8 Å². The molecular formula is C15H15IN2O5. The quantitative estimate of drug-likeness (QED) is 0.419. The molecule has 0 aliphatic carbocycles. The summed E-state index contributed by atoms with van der Waals surface area (Å²) < 4.78 is 1.04. The molecule has 1 aliphatic heterocycles. The maximum Gasteiger partial charge on any atom is 0.333 e. The molecular weight excluding hydrogens is 415 g/mol. The third-order valence-corrected chi connectivity index (χ3v) is 3.87. The van der Waals surface area contributed by atoms with E-state index in [1.165, 1.54) is 0 Å². The highest BCUT2D eigenvalue weighted by atomic mass is 127. The van der Waals surface area contributed by atoms with Crippen LogP contribution in [0.15, 0.2) is 24.3 Å². The van der Waals surface area contributed by atoms with Crippen molar-refractivity contribution in [2.45, 2.75) is 25.7 Å². The minimum Gasteiger partial charge on any atom is -0.352 e. The molecule has 0 saturated carbocycles. The van der Waals surface area contributed by atoms with Crippen LogP contribution >= 0.6 is 22.6 Å². The first-order valence-electron chi connectivity index (χ1n) is 7.07. The van der Waals surface area contributed by atoms with Gasteiger partial charge in [0.25, 0.3) is 17.7 Å². The summed E-state index contributed by atoms with van der Waals surface area (Å²) in [6.45, 7) is 0.293. The summed E-state index contributed by atoms with van der Waals surface area (Å²) in [5, 5.41) is 3.21. The van der Waals surface area contributed by atoms with Crippen LogP contribution in [0.4, 0.5) is 0 Å². The van der Waals surface area contributed by atoms with Gasteiger partial charge in [-0.15, -0.1) is 5.06 Å². The minimum atomic E-state index is -0.669. The lowest BCUT2D eigenvalue weighted by Crippen LogP contribution is -2.32. The molecule has 1 heterocycles. The van der Waals surface area contributed by atoms with Gasteiger partial charge in [0.05, 0.1) is 0 Å². The molecule has 0 unspecified atom stereocenters. The molecule has 1 fully saturated rings. The molecule has 0 bridgehead atoms. The lowest BCUT2D eigenvalue weighted by atomic mass is 10.2. The van der Waals surface area contributed by atoms with Crippen LogP contribution in [0, 0.1) is 3.57 Å². The van der Waals surface area contributed by atoms with Gasteiger partial charge in [-0.25, -0.2) is 4.79 Å². The molecule has 0 radical (unpaired) electrons. The Morgan fingerprint density at radius 3 is 2.35 bits per heavy atom. The van der Waals surface area contributed by atoms with E-state index >= 15 is 0 Å². The zero-order chi connectivity index (χ0) is 16.8. The fraction of sp³-hybridized carbons (Fsp3) is 0.333. The number of carbonyl (C=O) groups is 4. The molecule has 2 rings (SSSR count). The van der Waals surface area contributed by atoms with Crippen LogP contribution in [0.2, 0.25) is 0 Å². The number of halogens is 1. The van der Waals surface area contributed by atoms with Crippen LogP contribution in [0.3, 0.4) is 0 Å². The normalized spacial score (nSPS) is 14.0. The number of benzene rings is 1. The fourth-order valence-electron chi connectivity index (χ4n) is 1.94. The highest BCUT2D eigenvalue weighted by Gasteiger charge is 2.32. The summed E-state index contributed by atoms with van der Waals surface area (Å²) in [7, 11) is 0. The van der Waals surface area contributed by atoms with Gasteiger partial charge in [0.2, 0.25) is 0 Å². The number of hydrogen-bond acceptors (Lipinski definition) is 5. The van der Waals surface area contributed by atoms with E-state index in [4.69, 9.17) is 4.84 Å². The van der Waals surface area contributed by atoms with Crippen molar-refractivity contribution < 1.29 is 24.0 Å². The van der Waals surface area contributed by atoms with Crippen molar-refractivity contribution in [3.8, 4) is 0 Å². The molecule has 8 heteroatoms. The number of imide groups is 1. The molecule has 0 spiro atoms. The van der Waals surface area contributed by atoms with Gasteiger partial charge in [-0.3, -0.25) is 14.4 Å². The van der Waals surface area contributed by atoms with Crippen LogP contribution in [0.5, 0.6) is 0 Å². The first kappa shape index (κ1) is 17.4. The number of amides is 3. The predicted octanol–water partition coefficient (Wildman–Crippen LogP) is 1.41. The standard InChI is InChI=1S/C15H15IN2O5/c16-11-5-3-10(4-6-11)15(22)17-9-1-2-14(21)23-18-12(19)7-8-13(18)20/h3-6H,1-2,7-9H2,(H,17,22). The Morgan fingerprint density at radius 2 is 1.74 bits per heavy atom. The second-order valence-electron chi connectivity index (χ2n) is 4.91. The van der Waals surface area contributed by atoms with E-state index in [-0.39, 0.29) is 25.2 Å². The Hall–Kier alpha value is -1.97. The SMILES string of the molecule is O=C(CCCNC(=O)c1ccc(I)cc1)ON1C(=O)CCC1=O. The summed E-state index contributed by atoms with van der Waals surface area (Å²) in [6.07, 6.45) is 0.492. The van der Waals surface area contributed by atoms with Crippen molar-refractivity contribution in [2.75, 3.05) is 6.54 Å². The zero-order valence-electron chi connectivity index (χ0n) is 12.2. The molecule has 0 aromatic heterocycles. The van der Waals surface area contributed by atoms with Crippen LogP contribution in [0.25, 0.3) is 0 Å². The average molecular weight is 430 g/mol. The fourth-order valence-corrected chi connectivity index (χ4v) is 2.30. The summed E-state index contributed by atoms with van der Waals surface area (Å²) in [5.41, 5.74) is 0.543. The van der Waals surface area contributed by atoms with Crippen LogP contribution in [0.1, 0.15) is 36.0 Å². The van der Waals surface area contributed by atoms with Gasteiger partial charge < -0.3 is 10.2 Å². The Labute approximate surface area is 146 Å². The number of nitrogens with one attached hydrogen (secondary N) is 1. The zero-order valence-corrected chi connectivity index (χ0v) is 14.4. The molecule has 23 heavy (non-hydrogen) atoms. The van der Waals surface area contributed by atoms with E-state index in [1.54, 1.807) is 12.1 Å². The first-order chi connectivity index (χ1) is 11.0. The molecule has 1 aliphatic rings. The van der Waals surface area contributed by atoms with Gasteiger partial charge >= 0.3 is 5.97 Å². The second-order valence-corrected chi connectivity index (χ2v) is 6.16. The maximum absolute atomic E-state index is 11.8. The van der Waals surface area contributed by atoms with E-state index in [9.17, 15) is 19.2 Å². The van der Waals surface area contributed by atoms with E-state index in [2.05, 4.69) is 27.9 Å². The highest BCUT2D eigenvalue weighted by Crippen LogP contribution is 2.13. The summed E-state index contributed by atoms with van der Waals surface area (Å²) in [5.74, 6) is -1.90. The van der Waals surface area contributed by atoms with Crippen molar-refractivity contribution in [3.05, 3.63) is 33.4 Å². The smallest absolute Gasteiger partial charge is 0.333 e. The molecule has 1 saturated heterocycles. The lowest BCUT2D eigenvalue weighted by Gasteiger charge is -2.12. The second kappa shape index (κ2) is 8.04. The number of carbonyl (C=O) groups excluding carboxylic acids is 4. The van der Waals surface area contributed by atoms with Crippen molar-refractivity contribution in [1.82, 2.24) is 10.4 Å². The van der Waals surface area contributed by atoms with Gasteiger partial charge in [-0.2, -0.15) is 0 Å². The number of hydroxylamine groups is 2. The minimum absolute atomic E-state index is 0.00400. The Morgan fingerprint density at radius 1 is 1.13 bits per heavy atom. The molecule has 122 valence electrons. The predicted molar refractivity (Wildman–Crippen MR) is 87.9 cm³/mol. The van der Waals surface area contributed by atoms with Crippen LogP contribution in [-0.2, 0) is 19.2 Å². The average Bonchev–Trinajstić information content (AvgIpc) is 2.84. The monoisotopic (exact) mass is 430 g/mol. The summed E-state index contributed by atoms with van der Waals surface area (Å²) in [4.78, 5) is 50.7. The topological polar surface area (TPSA) is 92.8 Å². The number of hydrogen-bond donors (Lipinski definition) is 1. The van der Waals surface area contributed by atoms with E-state index in [1.807, 2.05) is 12.1 Å². The molecule has 1 N–H and O–H groups in total. The van der Waals surface area contributed by atoms with Gasteiger partial charge in [0.1, 0.15) is 0 Å². The van der Waals surface area contributed by atoms with Gasteiger partial charge in [-0.05, 0) is 53.3 Å². The Bertz CT molecular complexity index is 613. The van der Waals surface area contributed by atoms with Crippen molar-refractivity contribution in [2.24, 2.45) is 0 Å². The molecule has 3 amide bonds. The van der Waals surface area contributed by atoms with E-state index in [0.717, 1.165) is 3.57 Å². The largest absolute Gasteiger partial charge is 0.352 e. The lowest BCUT2D eigenvalue weighted by molar-refractivity contribution is -0.197. The van der Waals surface area contributed by atoms with Crippen molar-refractivity contribution in [1.29, 1.82) is 0 Å². The molecule has 1 aromatic carbocycles.